The Hall–Kier alpha value is -2.33. The van der Waals surface area contributed by atoms with Crippen molar-refractivity contribution < 1.29 is 14.6 Å². The van der Waals surface area contributed by atoms with Crippen molar-refractivity contribution in [3.63, 3.8) is 0 Å². The first kappa shape index (κ1) is 13.1. The summed E-state index contributed by atoms with van der Waals surface area (Å²) >= 11 is 0. The van der Waals surface area contributed by atoms with Crippen molar-refractivity contribution in [3.8, 4) is 5.75 Å². The minimum Gasteiger partial charge on any atom is -0.508 e. The Labute approximate surface area is 132 Å². The smallest absolute Gasteiger partial charge is 0.344 e. The molecule has 3 aliphatic rings. The maximum atomic E-state index is 12.2. The number of hydrogen-bond donors (Lipinski definition) is 2. The largest absolute Gasteiger partial charge is 0.508 e. The molecule has 0 atom stereocenters. The zero-order valence-electron chi connectivity index (χ0n) is 12.5. The third-order valence-corrected chi connectivity index (χ3v) is 5.79. The molecule has 1 heterocycles. The van der Waals surface area contributed by atoms with Crippen molar-refractivity contribution in [2.45, 2.75) is 24.7 Å². The normalized spacial score (nSPS) is 28.6. The Bertz CT molecular complexity index is 1010. The number of aliphatic hydroxyl groups excluding tert-OH is 1. The monoisotopic (exact) mass is 308 g/mol. The van der Waals surface area contributed by atoms with Gasteiger partial charge in [0.05, 0.1) is 5.39 Å². The Kier molecular flexibility index (Phi) is 2.26. The lowest BCUT2D eigenvalue weighted by atomic mass is 9.34. The molecule has 3 saturated carbocycles. The third kappa shape index (κ3) is 1.56. The molecule has 4 nitrogen and oxygen atoms in total. The minimum absolute atomic E-state index is 0.0838. The van der Waals surface area contributed by atoms with Crippen LogP contribution in [0.4, 0.5) is 0 Å². The van der Waals surface area contributed by atoms with Gasteiger partial charge in [-0.15, -0.1) is 0 Å². The van der Waals surface area contributed by atoms with Gasteiger partial charge in [0.1, 0.15) is 11.3 Å². The Morgan fingerprint density at radius 1 is 1.00 bits per heavy atom. The van der Waals surface area contributed by atoms with E-state index in [1.165, 1.54) is 11.6 Å². The van der Waals surface area contributed by atoms with E-state index >= 15 is 0 Å². The van der Waals surface area contributed by atoms with Gasteiger partial charge in [-0.25, -0.2) is 4.79 Å². The molecule has 3 aromatic rings. The van der Waals surface area contributed by atoms with E-state index in [-0.39, 0.29) is 28.8 Å². The molecule has 2 bridgehead atoms. The van der Waals surface area contributed by atoms with Gasteiger partial charge in [0.25, 0.3) is 0 Å². The number of hydrogen-bond acceptors (Lipinski definition) is 4. The van der Waals surface area contributed by atoms with Crippen molar-refractivity contribution in [1.29, 1.82) is 0 Å². The highest BCUT2D eigenvalue weighted by Gasteiger charge is 2.67. The van der Waals surface area contributed by atoms with Crippen LogP contribution >= 0.6 is 0 Å². The summed E-state index contributed by atoms with van der Waals surface area (Å²) in [6.45, 7) is 0.272. The van der Waals surface area contributed by atoms with Gasteiger partial charge in [-0.2, -0.15) is 0 Å². The van der Waals surface area contributed by atoms with Crippen LogP contribution in [0, 0.1) is 5.41 Å². The average molecular weight is 308 g/mol. The average Bonchev–Trinajstić information content (AvgIpc) is 2.44. The van der Waals surface area contributed by atoms with Crippen molar-refractivity contribution in [2.75, 3.05) is 6.61 Å². The van der Waals surface area contributed by atoms with Crippen LogP contribution in [0.2, 0.25) is 0 Å². The molecule has 1 aromatic heterocycles. The van der Waals surface area contributed by atoms with Crippen molar-refractivity contribution in [1.82, 2.24) is 0 Å². The van der Waals surface area contributed by atoms with Crippen LogP contribution in [0.25, 0.3) is 21.7 Å². The van der Waals surface area contributed by atoms with E-state index in [1.54, 1.807) is 12.1 Å². The van der Waals surface area contributed by atoms with Gasteiger partial charge in [-0.05, 0) is 59.9 Å². The summed E-state index contributed by atoms with van der Waals surface area (Å²) in [6.07, 6.45) is 3.09. The zero-order chi connectivity index (χ0) is 15.8. The predicted molar refractivity (Wildman–Crippen MR) is 86.7 cm³/mol. The van der Waals surface area contributed by atoms with Crippen molar-refractivity contribution in [3.05, 3.63) is 52.4 Å². The zero-order valence-corrected chi connectivity index (χ0v) is 12.5. The molecular weight excluding hydrogens is 292 g/mol. The Morgan fingerprint density at radius 2 is 1.74 bits per heavy atom. The molecular formula is C19H16O4. The highest BCUT2D eigenvalue weighted by atomic mass is 16.4. The van der Waals surface area contributed by atoms with Gasteiger partial charge >= 0.3 is 5.63 Å². The first-order chi connectivity index (χ1) is 11.0. The topological polar surface area (TPSA) is 70.7 Å². The second kappa shape index (κ2) is 3.95. The second-order valence-corrected chi connectivity index (χ2v) is 7.30. The molecule has 23 heavy (non-hydrogen) atoms. The SMILES string of the molecule is O=c1oc2cc(O)ccc2c2cc(C34CC(CO)(C3)C4)ccc12. The number of aromatic hydroxyl groups is 1. The van der Waals surface area contributed by atoms with E-state index in [2.05, 4.69) is 6.07 Å². The molecule has 2 aromatic carbocycles. The summed E-state index contributed by atoms with van der Waals surface area (Å²) < 4.78 is 5.32. The van der Waals surface area contributed by atoms with Crippen LogP contribution in [0.1, 0.15) is 24.8 Å². The Morgan fingerprint density at radius 3 is 2.48 bits per heavy atom. The molecule has 3 fully saturated rings. The van der Waals surface area contributed by atoms with E-state index < -0.39 is 0 Å². The van der Waals surface area contributed by atoms with E-state index in [0.717, 1.165) is 30.0 Å². The quantitative estimate of drug-likeness (QED) is 0.564. The Balaban J connectivity index is 1.73. The number of aliphatic hydroxyl groups is 1. The lowest BCUT2D eigenvalue weighted by Crippen LogP contribution is -2.66. The minimum atomic E-state index is -0.380. The molecule has 3 aliphatic carbocycles. The fourth-order valence-corrected chi connectivity index (χ4v) is 4.72. The maximum absolute atomic E-state index is 12.2. The van der Waals surface area contributed by atoms with Crippen molar-refractivity contribution >= 4 is 21.7 Å². The van der Waals surface area contributed by atoms with Gasteiger partial charge in [-0.3, -0.25) is 0 Å². The highest BCUT2D eigenvalue weighted by Crippen LogP contribution is 2.73. The molecule has 0 spiro atoms. The number of rotatable bonds is 2. The van der Waals surface area contributed by atoms with Gasteiger partial charge in [-0.1, -0.05) is 6.07 Å². The third-order valence-electron chi connectivity index (χ3n) is 5.79. The van der Waals surface area contributed by atoms with E-state index in [1.807, 2.05) is 12.1 Å². The number of phenols is 1. The summed E-state index contributed by atoms with van der Waals surface area (Å²) in [5.74, 6) is 0.0838. The molecule has 0 radical (unpaired) electrons. The number of phenolic OH excluding ortho intramolecular Hbond substituents is 1. The molecule has 6 rings (SSSR count). The summed E-state index contributed by atoms with van der Waals surface area (Å²) in [5.41, 5.74) is 1.59. The van der Waals surface area contributed by atoms with Gasteiger partial charge < -0.3 is 14.6 Å². The van der Waals surface area contributed by atoms with Crippen LogP contribution in [0.3, 0.4) is 0 Å². The van der Waals surface area contributed by atoms with Gasteiger partial charge in [0, 0.05) is 23.4 Å². The van der Waals surface area contributed by atoms with Gasteiger partial charge in [0.15, 0.2) is 0 Å². The lowest BCUT2D eigenvalue weighted by molar-refractivity contribution is -0.167. The fourth-order valence-electron chi connectivity index (χ4n) is 4.72. The molecule has 0 saturated heterocycles. The predicted octanol–water partition coefficient (Wildman–Crippen LogP) is 3.07. The van der Waals surface area contributed by atoms with Crippen LogP contribution in [0.5, 0.6) is 5.75 Å². The summed E-state index contributed by atoms with van der Waals surface area (Å²) in [7, 11) is 0. The summed E-state index contributed by atoms with van der Waals surface area (Å²) in [4.78, 5) is 12.2. The highest BCUT2D eigenvalue weighted by molar-refractivity contribution is 6.04. The van der Waals surface area contributed by atoms with Crippen LogP contribution < -0.4 is 5.63 Å². The van der Waals surface area contributed by atoms with E-state index in [9.17, 15) is 15.0 Å². The van der Waals surface area contributed by atoms with E-state index in [4.69, 9.17) is 4.42 Å². The van der Waals surface area contributed by atoms with E-state index in [0.29, 0.717) is 11.0 Å². The first-order valence-electron chi connectivity index (χ1n) is 7.85. The second-order valence-electron chi connectivity index (χ2n) is 7.30. The van der Waals surface area contributed by atoms with Gasteiger partial charge in [0.2, 0.25) is 0 Å². The standard InChI is InChI=1S/C19H16O4/c20-10-18-7-19(8-18,9-18)11-1-3-14-15(5-11)13-4-2-12(21)6-16(13)23-17(14)22/h1-6,20-21H,7-10H2. The molecule has 0 amide bonds. The van der Waals surface area contributed by atoms with Crippen LogP contribution in [-0.4, -0.2) is 16.8 Å². The number of benzene rings is 2. The molecule has 4 heteroatoms. The number of fused-ring (bicyclic) bond motifs is 3. The summed E-state index contributed by atoms with van der Waals surface area (Å²) in [6, 6.07) is 10.8. The van der Waals surface area contributed by atoms with Crippen LogP contribution in [-0.2, 0) is 5.41 Å². The maximum Gasteiger partial charge on any atom is 0.344 e. The summed E-state index contributed by atoms with van der Waals surface area (Å²) in [5, 5.41) is 21.3. The van der Waals surface area contributed by atoms with Crippen molar-refractivity contribution in [2.24, 2.45) is 5.41 Å². The fraction of sp³-hybridized carbons (Fsp3) is 0.316. The molecule has 0 unspecified atom stereocenters. The molecule has 2 N–H and O–H groups in total. The molecule has 0 aliphatic heterocycles. The first-order valence-corrected chi connectivity index (χ1v) is 7.85. The lowest BCUT2D eigenvalue weighted by Gasteiger charge is -2.70. The molecule has 116 valence electrons. The van der Waals surface area contributed by atoms with Crippen LogP contribution in [0.15, 0.2) is 45.6 Å².